The van der Waals surface area contributed by atoms with Crippen LogP contribution in [0.25, 0.3) is 0 Å². The molecule has 7 heteroatoms. The number of hydrogen-bond acceptors (Lipinski definition) is 6. The highest BCUT2D eigenvalue weighted by molar-refractivity contribution is 5.97. The molecule has 3 heterocycles. The Morgan fingerprint density at radius 1 is 1.31 bits per heavy atom. The lowest BCUT2D eigenvalue weighted by molar-refractivity contribution is -0.120. The number of carbonyl (C=O) groups is 1. The van der Waals surface area contributed by atoms with E-state index in [0.717, 1.165) is 42.1 Å². The van der Waals surface area contributed by atoms with E-state index in [1.165, 1.54) is 0 Å². The van der Waals surface area contributed by atoms with E-state index in [0.29, 0.717) is 25.6 Å². The van der Waals surface area contributed by atoms with E-state index in [2.05, 4.69) is 40.7 Å². The third-order valence-corrected chi connectivity index (χ3v) is 5.92. The molecule has 2 aliphatic rings. The van der Waals surface area contributed by atoms with E-state index in [1.807, 2.05) is 29.3 Å². The number of phenolic OH excluding ortho intramolecular Hbond substituents is 1. The molecule has 174 valence electrons. The minimum absolute atomic E-state index is 0.113. The zero-order valence-electron chi connectivity index (χ0n) is 19.9. The number of nitrogens with one attached hydrogen (secondary N) is 1. The fraction of sp³-hybridized carbons (Fsp3) is 0.520. The van der Waals surface area contributed by atoms with Crippen molar-refractivity contribution < 1.29 is 14.6 Å². The van der Waals surface area contributed by atoms with Crippen LogP contribution in [0.2, 0.25) is 0 Å². The third-order valence-electron chi connectivity index (χ3n) is 5.92. The minimum Gasteiger partial charge on any atom is -0.508 e. The lowest BCUT2D eigenvalue weighted by atomic mass is 9.88. The average molecular weight is 441 g/mol. The van der Waals surface area contributed by atoms with Crippen LogP contribution in [-0.4, -0.2) is 73.9 Å². The molecule has 1 saturated heterocycles. The van der Waals surface area contributed by atoms with Gasteiger partial charge in [0.25, 0.3) is 0 Å². The van der Waals surface area contributed by atoms with Gasteiger partial charge in [0.05, 0.1) is 12.2 Å². The zero-order valence-corrected chi connectivity index (χ0v) is 19.9. The van der Waals surface area contributed by atoms with Gasteiger partial charge in [-0.1, -0.05) is 26.0 Å². The van der Waals surface area contributed by atoms with Gasteiger partial charge in [-0.3, -0.25) is 14.7 Å². The van der Waals surface area contributed by atoms with Gasteiger partial charge in [-0.15, -0.1) is 0 Å². The predicted octanol–water partition coefficient (Wildman–Crippen LogP) is 2.56. The van der Waals surface area contributed by atoms with E-state index in [9.17, 15) is 9.90 Å². The van der Waals surface area contributed by atoms with Crippen LogP contribution < -0.4 is 10.2 Å². The number of piperazine rings is 1. The number of ether oxygens (including phenoxy) is 1. The Hall–Kier alpha value is -2.48. The lowest BCUT2D eigenvalue weighted by Crippen LogP contribution is -2.52. The summed E-state index contributed by atoms with van der Waals surface area (Å²) < 4.78 is 4.25. The second kappa shape index (κ2) is 10.4. The number of hydrogen-bond donors (Lipinski definition) is 2. The van der Waals surface area contributed by atoms with Gasteiger partial charge in [0.1, 0.15) is 5.75 Å². The predicted molar refractivity (Wildman–Crippen MR) is 127 cm³/mol. The van der Waals surface area contributed by atoms with Gasteiger partial charge in [0.2, 0.25) is 5.91 Å². The molecule has 0 bridgehead atoms. The van der Waals surface area contributed by atoms with Crippen molar-refractivity contribution in [2.45, 2.75) is 38.6 Å². The Kier molecular flexibility index (Phi) is 7.87. The zero-order chi connectivity index (χ0) is 23.3. The fourth-order valence-electron chi connectivity index (χ4n) is 4.42. The van der Waals surface area contributed by atoms with Crippen molar-refractivity contribution in [3.63, 3.8) is 0 Å². The van der Waals surface area contributed by atoms with Gasteiger partial charge in [-0.25, -0.2) is 0 Å². The van der Waals surface area contributed by atoms with Crippen LogP contribution in [0.15, 0.2) is 36.5 Å². The number of aromatic nitrogens is 1. The van der Waals surface area contributed by atoms with Gasteiger partial charge in [-0.05, 0) is 30.7 Å². The van der Waals surface area contributed by atoms with Crippen LogP contribution in [-0.2, 0) is 21.4 Å². The maximum atomic E-state index is 13.2. The maximum absolute atomic E-state index is 13.2. The van der Waals surface area contributed by atoms with Crippen molar-refractivity contribution in [3.8, 4) is 5.75 Å². The molecule has 4 rings (SSSR count). The summed E-state index contributed by atoms with van der Waals surface area (Å²) >= 11 is 0. The topological polar surface area (TPSA) is 77.9 Å². The van der Waals surface area contributed by atoms with Gasteiger partial charge < -0.3 is 20.1 Å². The largest absolute Gasteiger partial charge is 0.508 e. The number of phenols is 1. The summed E-state index contributed by atoms with van der Waals surface area (Å²) in [5.41, 5.74) is 3.90. The first-order chi connectivity index (χ1) is 15.2. The first kappa shape index (κ1) is 24.2. The highest BCUT2D eigenvalue weighted by Crippen LogP contribution is 2.40. The number of benzene rings is 1. The molecule has 0 radical (unpaired) electrons. The molecular weight excluding hydrogens is 404 g/mol. The fourth-order valence-corrected chi connectivity index (χ4v) is 4.42. The van der Waals surface area contributed by atoms with Crippen molar-refractivity contribution >= 4 is 11.6 Å². The Labute approximate surface area is 191 Å². The molecular formula is C25H36N4O3. The molecule has 1 fully saturated rings. The standard InChI is InChI=1S/C23H30N4O2.C2H6O/c1-16-13-26(8-7-24-16)14-22(29)27-15-23(2,3)20-12-25-18(11-21(20)27)9-17-5-4-6-19(28)10-17;1-3-2/h4-6,10-12,16,24,28H,7-9,13-15H2,1-3H3;1-2H3/t16-;/m1./s1. The smallest absolute Gasteiger partial charge is 0.241 e. The number of pyridine rings is 1. The summed E-state index contributed by atoms with van der Waals surface area (Å²) in [6, 6.07) is 9.70. The number of aromatic hydroxyl groups is 1. The minimum atomic E-state index is -0.113. The van der Waals surface area contributed by atoms with E-state index < -0.39 is 0 Å². The number of methoxy groups -OCH3 is 1. The van der Waals surface area contributed by atoms with Crippen molar-refractivity contribution in [2.75, 3.05) is 51.8 Å². The number of carbonyl (C=O) groups excluding carboxylic acids is 1. The molecule has 2 N–H and O–H groups in total. The van der Waals surface area contributed by atoms with E-state index in [-0.39, 0.29) is 17.1 Å². The highest BCUT2D eigenvalue weighted by Gasteiger charge is 2.39. The van der Waals surface area contributed by atoms with Gasteiger partial charge in [0.15, 0.2) is 0 Å². The molecule has 1 amide bonds. The van der Waals surface area contributed by atoms with Crippen molar-refractivity contribution in [3.05, 3.63) is 53.3 Å². The summed E-state index contributed by atoms with van der Waals surface area (Å²) in [5, 5.41) is 13.1. The summed E-state index contributed by atoms with van der Waals surface area (Å²) in [7, 11) is 3.25. The molecule has 0 aliphatic carbocycles. The van der Waals surface area contributed by atoms with Crippen LogP contribution in [0.1, 0.15) is 37.6 Å². The first-order valence-corrected chi connectivity index (χ1v) is 11.2. The van der Waals surface area contributed by atoms with Crippen molar-refractivity contribution in [2.24, 2.45) is 0 Å². The summed E-state index contributed by atoms with van der Waals surface area (Å²) in [4.78, 5) is 22.0. The molecule has 2 aromatic rings. The van der Waals surface area contributed by atoms with E-state index >= 15 is 0 Å². The molecule has 7 nitrogen and oxygen atoms in total. The van der Waals surface area contributed by atoms with Crippen LogP contribution in [0, 0.1) is 0 Å². The lowest BCUT2D eigenvalue weighted by Gasteiger charge is -2.32. The van der Waals surface area contributed by atoms with Crippen molar-refractivity contribution in [1.29, 1.82) is 0 Å². The number of amides is 1. The SMILES string of the molecule is COC.C[C@@H]1CN(CC(=O)N2CC(C)(C)c3cnc(Cc4cccc(O)c4)cc32)CCN1. The van der Waals surface area contributed by atoms with Crippen LogP contribution >= 0.6 is 0 Å². The highest BCUT2D eigenvalue weighted by atomic mass is 16.4. The van der Waals surface area contributed by atoms with E-state index in [1.54, 1.807) is 26.4 Å². The van der Waals surface area contributed by atoms with Gasteiger partial charge >= 0.3 is 0 Å². The molecule has 1 aromatic carbocycles. The number of nitrogens with zero attached hydrogens (tertiary/aromatic N) is 3. The van der Waals surface area contributed by atoms with E-state index in [4.69, 9.17) is 0 Å². The number of anilines is 1. The van der Waals surface area contributed by atoms with Crippen LogP contribution in [0.5, 0.6) is 5.75 Å². The van der Waals surface area contributed by atoms with Crippen LogP contribution in [0.4, 0.5) is 5.69 Å². The second-order valence-corrected chi connectivity index (χ2v) is 9.40. The van der Waals surface area contributed by atoms with Gasteiger partial charge in [-0.2, -0.15) is 0 Å². The second-order valence-electron chi connectivity index (χ2n) is 9.40. The van der Waals surface area contributed by atoms with Crippen molar-refractivity contribution in [1.82, 2.24) is 15.2 Å². The molecule has 1 atom stereocenters. The number of rotatable bonds is 4. The molecule has 32 heavy (non-hydrogen) atoms. The quantitative estimate of drug-likeness (QED) is 0.761. The maximum Gasteiger partial charge on any atom is 0.241 e. The molecule has 0 spiro atoms. The number of fused-ring (bicyclic) bond motifs is 1. The van der Waals surface area contributed by atoms with Gasteiger partial charge in [0, 0.05) is 75.7 Å². The normalized spacial score (nSPS) is 19.8. The molecule has 1 aromatic heterocycles. The third kappa shape index (κ3) is 5.85. The summed E-state index contributed by atoms with van der Waals surface area (Å²) in [5.74, 6) is 0.410. The Balaban J connectivity index is 0.000000913. The Bertz CT molecular complexity index is 931. The first-order valence-electron chi connectivity index (χ1n) is 11.2. The monoisotopic (exact) mass is 440 g/mol. The average Bonchev–Trinajstić information content (AvgIpc) is 2.99. The molecule has 0 unspecified atom stereocenters. The molecule has 2 aliphatic heterocycles. The Morgan fingerprint density at radius 2 is 2.06 bits per heavy atom. The summed E-state index contributed by atoms with van der Waals surface area (Å²) in [6.45, 7) is 10.4. The Morgan fingerprint density at radius 3 is 2.75 bits per heavy atom. The molecule has 0 saturated carbocycles. The van der Waals surface area contributed by atoms with Crippen LogP contribution in [0.3, 0.4) is 0 Å². The summed E-state index contributed by atoms with van der Waals surface area (Å²) in [6.07, 6.45) is 2.55.